The molecule has 0 unspecified atom stereocenters. The standard InChI is InChI=1S/C14H11ClN2O5S/c1-2-6-5-23-13-9(12(19)17(13)10(6)14(20)21)16-11(18)7-3-4-8(15)22-7/h2-4,9,13H,1,5H2,(H,16,18)(H,20,21)/t9-,13-/m1/s1. The van der Waals surface area contributed by atoms with Crippen molar-refractivity contribution in [3.63, 3.8) is 0 Å². The number of fused-ring (bicyclic) bond motifs is 1. The number of furan rings is 1. The molecule has 23 heavy (non-hydrogen) atoms. The predicted octanol–water partition coefficient (Wildman–Crippen LogP) is 1.47. The number of thioether (sulfide) groups is 1. The van der Waals surface area contributed by atoms with Gasteiger partial charge in [-0.2, -0.15) is 0 Å². The van der Waals surface area contributed by atoms with Gasteiger partial charge in [0.05, 0.1) is 0 Å². The Morgan fingerprint density at radius 2 is 2.26 bits per heavy atom. The van der Waals surface area contributed by atoms with Crippen LogP contribution in [0.2, 0.25) is 5.22 Å². The number of nitrogens with one attached hydrogen (secondary N) is 1. The van der Waals surface area contributed by atoms with Crippen LogP contribution in [0, 0.1) is 0 Å². The van der Waals surface area contributed by atoms with Gasteiger partial charge in [0.1, 0.15) is 17.1 Å². The summed E-state index contributed by atoms with van der Waals surface area (Å²) in [4.78, 5) is 36.8. The van der Waals surface area contributed by atoms with E-state index in [2.05, 4.69) is 11.9 Å². The average Bonchev–Trinajstić information content (AvgIpc) is 2.97. The fourth-order valence-electron chi connectivity index (χ4n) is 2.45. The van der Waals surface area contributed by atoms with Gasteiger partial charge in [-0.1, -0.05) is 12.7 Å². The van der Waals surface area contributed by atoms with Crippen LogP contribution in [0.1, 0.15) is 10.6 Å². The number of allylic oxidation sites excluding steroid dienone is 1. The van der Waals surface area contributed by atoms with Crippen molar-refractivity contribution in [2.75, 3.05) is 5.75 Å². The highest BCUT2D eigenvalue weighted by Crippen LogP contribution is 2.40. The maximum Gasteiger partial charge on any atom is 0.352 e. The number of hydrogen-bond acceptors (Lipinski definition) is 5. The lowest BCUT2D eigenvalue weighted by Crippen LogP contribution is -2.70. The summed E-state index contributed by atoms with van der Waals surface area (Å²) in [5.74, 6) is -1.86. The van der Waals surface area contributed by atoms with Crippen LogP contribution in [0.3, 0.4) is 0 Å². The molecule has 2 amide bonds. The molecule has 0 bridgehead atoms. The van der Waals surface area contributed by atoms with Gasteiger partial charge in [-0.3, -0.25) is 14.5 Å². The molecule has 2 atom stereocenters. The highest BCUT2D eigenvalue weighted by Gasteiger charge is 2.54. The summed E-state index contributed by atoms with van der Waals surface area (Å²) >= 11 is 6.97. The molecule has 1 saturated heterocycles. The van der Waals surface area contributed by atoms with Gasteiger partial charge in [-0.15, -0.1) is 11.8 Å². The van der Waals surface area contributed by atoms with Crippen molar-refractivity contribution >= 4 is 41.1 Å². The summed E-state index contributed by atoms with van der Waals surface area (Å²) < 4.78 is 4.98. The monoisotopic (exact) mass is 354 g/mol. The van der Waals surface area contributed by atoms with Crippen molar-refractivity contribution in [3.8, 4) is 0 Å². The van der Waals surface area contributed by atoms with E-state index < -0.39 is 29.2 Å². The third kappa shape index (κ3) is 2.53. The van der Waals surface area contributed by atoms with Gasteiger partial charge < -0.3 is 14.8 Å². The number of nitrogens with zero attached hydrogens (tertiary/aromatic N) is 1. The third-order valence-corrected chi connectivity index (χ3v) is 5.04. The van der Waals surface area contributed by atoms with Gasteiger partial charge in [0.25, 0.3) is 11.8 Å². The Morgan fingerprint density at radius 3 is 2.83 bits per heavy atom. The Balaban J connectivity index is 1.78. The van der Waals surface area contributed by atoms with Crippen molar-refractivity contribution < 1.29 is 23.9 Å². The number of carbonyl (C=O) groups is 3. The zero-order chi connectivity index (χ0) is 16.7. The van der Waals surface area contributed by atoms with Gasteiger partial charge >= 0.3 is 5.97 Å². The van der Waals surface area contributed by atoms with Gasteiger partial charge in [-0.25, -0.2) is 4.79 Å². The van der Waals surface area contributed by atoms with Crippen LogP contribution < -0.4 is 5.32 Å². The number of halogens is 1. The van der Waals surface area contributed by atoms with E-state index in [0.29, 0.717) is 11.3 Å². The van der Waals surface area contributed by atoms with Crippen LogP contribution >= 0.6 is 23.4 Å². The Labute approximate surface area is 139 Å². The summed E-state index contributed by atoms with van der Waals surface area (Å²) in [5, 5.41) is 11.4. The zero-order valence-electron chi connectivity index (χ0n) is 11.6. The quantitative estimate of drug-likeness (QED) is 0.794. The zero-order valence-corrected chi connectivity index (χ0v) is 13.2. The molecule has 9 heteroatoms. The molecule has 2 aliphatic rings. The fourth-order valence-corrected chi connectivity index (χ4v) is 3.93. The number of amides is 2. The van der Waals surface area contributed by atoms with Gasteiger partial charge in [0.15, 0.2) is 11.0 Å². The first-order valence-electron chi connectivity index (χ1n) is 6.53. The summed E-state index contributed by atoms with van der Waals surface area (Å²) in [7, 11) is 0. The molecule has 0 radical (unpaired) electrons. The Bertz CT molecular complexity index is 756. The number of aliphatic carboxylic acids is 1. The fraction of sp³-hybridized carbons (Fsp3) is 0.214. The number of carbonyl (C=O) groups excluding carboxylic acids is 2. The molecule has 2 aliphatic heterocycles. The van der Waals surface area contributed by atoms with Crippen molar-refractivity contribution in [2.24, 2.45) is 0 Å². The minimum Gasteiger partial charge on any atom is -0.477 e. The second-order valence-corrected chi connectivity index (χ2v) is 6.33. The first-order valence-corrected chi connectivity index (χ1v) is 7.96. The molecule has 0 saturated carbocycles. The lowest BCUT2D eigenvalue weighted by molar-refractivity contribution is -0.148. The molecule has 3 rings (SSSR count). The molecule has 1 aromatic rings. The molecule has 1 aromatic heterocycles. The van der Waals surface area contributed by atoms with Gasteiger partial charge in [0, 0.05) is 5.75 Å². The Morgan fingerprint density at radius 1 is 1.52 bits per heavy atom. The summed E-state index contributed by atoms with van der Waals surface area (Å²) in [5.41, 5.74) is 0.398. The topological polar surface area (TPSA) is 99.9 Å². The van der Waals surface area contributed by atoms with Crippen LogP contribution in [0.15, 0.2) is 40.5 Å². The first kappa shape index (κ1) is 15.7. The van der Waals surface area contributed by atoms with E-state index >= 15 is 0 Å². The van der Waals surface area contributed by atoms with Crippen molar-refractivity contribution in [1.82, 2.24) is 10.2 Å². The van der Waals surface area contributed by atoms with Crippen LogP contribution in [0.5, 0.6) is 0 Å². The number of rotatable bonds is 4. The molecule has 120 valence electrons. The number of carboxylic acids is 1. The minimum absolute atomic E-state index is 0.0113. The molecule has 7 nitrogen and oxygen atoms in total. The predicted molar refractivity (Wildman–Crippen MR) is 82.9 cm³/mol. The average molecular weight is 355 g/mol. The highest BCUT2D eigenvalue weighted by molar-refractivity contribution is 8.00. The van der Waals surface area contributed by atoms with Crippen LogP contribution in [-0.4, -0.2) is 45.0 Å². The lowest BCUT2D eigenvalue weighted by atomic mass is 10.0. The van der Waals surface area contributed by atoms with Crippen molar-refractivity contribution in [1.29, 1.82) is 0 Å². The van der Waals surface area contributed by atoms with Crippen LogP contribution in [0.4, 0.5) is 0 Å². The molecule has 0 aromatic carbocycles. The number of carboxylic acid groups (broad SMARTS) is 1. The normalized spacial score (nSPS) is 23.2. The Hall–Kier alpha value is -2.19. The largest absolute Gasteiger partial charge is 0.477 e. The summed E-state index contributed by atoms with van der Waals surface area (Å²) in [6.45, 7) is 3.57. The van der Waals surface area contributed by atoms with E-state index in [0.717, 1.165) is 0 Å². The van der Waals surface area contributed by atoms with Gasteiger partial charge in [-0.05, 0) is 29.3 Å². The molecular formula is C14H11ClN2O5S. The number of β-lactam (4-membered cyclic amide) rings is 1. The maximum absolute atomic E-state index is 12.3. The van der Waals surface area contributed by atoms with E-state index in [4.69, 9.17) is 16.0 Å². The second-order valence-electron chi connectivity index (χ2n) is 4.85. The maximum atomic E-state index is 12.3. The Kier molecular flexibility index (Phi) is 3.95. The van der Waals surface area contributed by atoms with E-state index in [1.54, 1.807) is 0 Å². The molecular weight excluding hydrogens is 344 g/mol. The van der Waals surface area contributed by atoms with E-state index in [1.807, 2.05) is 0 Å². The molecule has 2 N–H and O–H groups in total. The lowest BCUT2D eigenvalue weighted by Gasteiger charge is -2.49. The third-order valence-electron chi connectivity index (χ3n) is 3.53. The van der Waals surface area contributed by atoms with Crippen molar-refractivity contribution in [2.45, 2.75) is 11.4 Å². The summed E-state index contributed by atoms with van der Waals surface area (Å²) in [6, 6.07) is 2.00. The van der Waals surface area contributed by atoms with E-state index in [1.165, 1.54) is 34.9 Å². The SMILES string of the molecule is C=CC1=C(C(=O)O)N2C(=O)[C@@H](NC(=O)c3ccc(Cl)o3)[C@H]2SC1. The van der Waals surface area contributed by atoms with Crippen LogP contribution in [0.25, 0.3) is 0 Å². The highest BCUT2D eigenvalue weighted by atomic mass is 35.5. The molecule has 3 heterocycles. The van der Waals surface area contributed by atoms with E-state index in [9.17, 15) is 19.5 Å². The molecule has 1 fully saturated rings. The van der Waals surface area contributed by atoms with Crippen LogP contribution in [-0.2, 0) is 9.59 Å². The number of hydrogen-bond donors (Lipinski definition) is 2. The second kappa shape index (κ2) is 5.78. The smallest absolute Gasteiger partial charge is 0.352 e. The first-order chi connectivity index (χ1) is 10.9. The van der Waals surface area contributed by atoms with Crippen molar-refractivity contribution in [3.05, 3.63) is 47.0 Å². The summed E-state index contributed by atoms with van der Waals surface area (Å²) in [6.07, 6.45) is 1.43. The molecule has 0 spiro atoms. The van der Waals surface area contributed by atoms with Gasteiger partial charge in [0.2, 0.25) is 0 Å². The minimum atomic E-state index is -1.19. The molecule has 0 aliphatic carbocycles. The van der Waals surface area contributed by atoms with E-state index in [-0.39, 0.29) is 16.7 Å².